The van der Waals surface area contributed by atoms with Crippen LogP contribution in [0.2, 0.25) is 0 Å². The van der Waals surface area contributed by atoms with Crippen LogP contribution in [0.4, 0.5) is 4.79 Å². The van der Waals surface area contributed by atoms with Gasteiger partial charge in [0.1, 0.15) is 0 Å². The maximum absolute atomic E-state index is 11.9. The van der Waals surface area contributed by atoms with Crippen LogP contribution >= 0.6 is 0 Å². The highest BCUT2D eigenvalue weighted by atomic mass is 16.4. The van der Waals surface area contributed by atoms with Crippen molar-refractivity contribution in [3.05, 3.63) is 0 Å². The number of aliphatic carboxylic acids is 1. The number of rotatable bonds is 3. The van der Waals surface area contributed by atoms with Crippen molar-refractivity contribution in [2.45, 2.75) is 44.6 Å². The lowest BCUT2D eigenvalue weighted by atomic mass is 9.77. The Balaban J connectivity index is 1.83. The highest BCUT2D eigenvalue weighted by Crippen LogP contribution is 2.46. The van der Waals surface area contributed by atoms with Gasteiger partial charge in [0.05, 0.1) is 6.61 Å². The van der Waals surface area contributed by atoms with Gasteiger partial charge in [0.15, 0.2) is 6.04 Å². The Morgan fingerprint density at radius 2 is 1.74 bits per heavy atom. The lowest BCUT2D eigenvalue weighted by Crippen LogP contribution is -2.52. The smallest absolute Gasteiger partial charge is 0.328 e. The fourth-order valence-corrected chi connectivity index (χ4v) is 3.23. The topological polar surface area (TPSA) is 89.9 Å². The molecular formula is C13H22N2O4. The number of nitrogens with one attached hydrogen (secondary N) is 1. The third-order valence-corrected chi connectivity index (χ3v) is 4.55. The third-order valence-electron chi connectivity index (χ3n) is 4.55. The van der Waals surface area contributed by atoms with Crippen molar-refractivity contribution in [2.24, 2.45) is 5.41 Å². The number of likely N-dealkylation sites (tertiary alicyclic amines) is 1. The van der Waals surface area contributed by atoms with Gasteiger partial charge in [0, 0.05) is 13.1 Å². The summed E-state index contributed by atoms with van der Waals surface area (Å²) in [5.41, 5.74) is 0.431. The van der Waals surface area contributed by atoms with E-state index in [0.29, 0.717) is 18.5 Å². The molecule has 1 aliphatic carbocycles. The van der Waals surface area contributed by atoms with Crippen molar-refractivity contribution < 1.29 is 19.8 Å². The van der Waals surface area contributed by atoms with E-state index in [-0.39, 0.29) is 6.03 Å². The van der Waals surface area contributed by atoms with Crippen LogP contribution in [-0.2, 0) is 4.79 Å². The zero-order valence-corrected chi connectivity index (χ0v) is 11.1. The van der Waals surface area contributed by atoms with Gasteiger partial charge in [0.2, 0.25) is 0 Å². The number of amides is 2. The molecule has 0 bridgehead atoms. The van der Waals surface area contributed by atoms with E-state index in [2.05, 4.69) is 5.32 Å². The second-order valence-electron chi connectivity index (χ2n) is 5.72. The molecule has 3 N–H and O–H groups in total. The van der Waals surface area contributed by atoms with Gasteiger partial charge in [-0.15, -0.1) is 0 Å². The largest absolute Gasteiger partial charge is 0.480 e. The second-order valence-corrected chi connectivity index (χ2v) is 5.72. The monoisotopic (exact) mass is 270 g/mol. The highest BCUT2D eigenvalue weighted by molar-refractivity contribution is 5.82. The average Bonchev–Trinajstić information content (AvgIpc) is 2.84. The van der Waals surface area contributed by atoms with E-state index in [9.17, 15) is 9.59 Å². The van der Waals surface area contributed by atoms with E-state index >= 15 is 0 Å². The number of carboxylic acid groups (broad SMARTS) is 1. The maximum Gasteiger partial charge on any atom is 0.328 e. The summed E-state index contributed by atoms with van der Waals surface area (Å²) < 4.78 is 0. The number of carbonyl (C=O) groups excluding carboxylic acids is 1. The summed E-state index contributed by atoms with van der Waals surface area (Å²) in [4.78, 5) is 24.3. The molecule has 0 aromatic heterocycles. The molecule has 1 atom stereocenters. The predicted molar refractivity (Wildman–Crippen MR) is 68.7 cm³/mol. The highest BCUT2D eigenvalue weighted by Gasteiger charge is 2.38. The minimum Gasteiger partial charge on any atom is -0.480 e. The van der Waals surface area contributed by atoms with Crippen molar-refractivity contribution in [3.8, 4) is 0 Å². The minimum absolute atomic E-state index is 0.380. The third kappa shape index (κ3) is 3.18. The molecule has 0 aromatic carbocycles. The lowest BCUT2D eigenvalue weighted by molar-refractivity contribution is -0.140. The number of urea groups is 1. The summed E-state index contributed by atoms with van der Waals surface area (Å²) in [5.74, 6) is -1.21. The fraction of sp³-hybridized carbons (Fsp3) is 0.846. The fourth-order valence-electron chi connectivity index (χ4n) is 3.23. The van der Waals surface area contributed by atoms with Gasteiger partial charge in [-0.25, -0.2) is 9.59 Å². The Kier molecular flexibility index (Phi) is 4.29. The number of carbonyl (C=O) groups is 2. The van der Waals surface area contributed by atoms with Crippen molar-refractivity contribution in [3.63, 3.8) is 0 Å². The molecule has 2 fully saturated rings. The Bertz CT molecular complexity index is 343. The summed E-state index contributed by atoms with van der Waals surface area (Å²) >= 11 is 0. The van der Waals surface area contributed by atoms with Crippen molar-refractivity contribution in [1.29, 1.82) is 0 Å². The van der Waals surface area contributed by atoms with Crippen molar-refractivity contribution in [2.75, 3.05) is 19.7 Å². The van der Waals surface area contributed by atoms with Crippen LogP contribution in [0.1, 0.15) is 38.5 Å². The normalized spacial score (nSPS) is 23.3. The van der Waals surface area contributed by atoms with Gasteiger partial charge in [-0.2, -0.15) is 0 Å². The van der Waals surface area contributed by atoms with Gasteiger partial charge in [-0.05, 0) is 31.1 Å². The average molecular weight is 270 g/mol. The molecule has 6 heteroatoms. The number of hydrogen-bond acceptors (Lipinski definition) is 3. The zero-order valence-electron chi connectivity index (χ0n) is 11.1. The molecule has 6 nitrogen and oxygen atoms in total. The van der Waals surface area contributed by atoms with E-state index in [1.807, 2.05) is 0 Å². The molecule has 19 heavy (non-hydrogen) atoms. The summed E-state index contributed by atoms with van der Waals surface area (Å²) in [5, 5.41) is 20.0. The van der Waals surface area contributed by atoms with Gasteiger partial charge < -0.3 is 20.4 Å². The van der Waals surface area contributed by atoms with Crippen LogP contribution in [0.3, 0.4) is 0 Å². The van der Waals surface area contributed by atoms with Crippen molar-refractivity contribution >= 4 is 12.0 Å². The Morgan fingerprint density at radius 3 is 2.21 bits per heavy atom. The van der Waals surface area contributed by atoms with Gasteiger partial charge in [0.25, 0.3) is 0 Å². The summed E-state index contributed by atoms with van der Waals surface area (Å²) in [6.07, 6.45) is 7.12. The molecule has 0 aromatic rings. The van der Waals surface area contributed by atoms with Crippen molar-refractivity contribution in [1.82, 2.24) is 10.2 Å². The van der Waals surface area contributed by atoms with E-state index < -0.39 is 18.6 Å². The Hall–Kier alpha value is -1.30. The van der Waals surface area contributed by atoms with Gasteiger partial charge in [-0.1, -0.05) is 12.8 Å². The molecule has 0 radical (unpaired) electrons. The lowest BCUT2D eigenvalue weighted by Gasteiger charge is -2.39. The Morgan fingerprint density at radius 1 is 1.16 bits per heavy atom. The molecule has 1 spiro atoms. The van der Waals surface area contributed by atoms with Crippen LogP contribution in [0.25, 0.3) is 0 Å². The molecule has 1 saturated carbocycles. The quantitative estimate of drug-likeness (QED) is 0.707. The predicted octanol–water partition coefficient (Wildman–Crippen LogP) is 0.798. The molecule has 2 amide bonds. The van der Waals surface area contributed by atoms with Crippen LogP contribution < -0.4 is 5.32 Å². The number of piperidine rings is 1. The first kappa shape index (κ1) is 14.1. The van der Waals surface area contributed by atoms with Crippen LogP contribution in [0.5, 0.6) is 0 Å². The maximum atomic E-state index is 11.9. The summed E-state index contributed by atoms with van der Waals surface area (Å²) in [6.45, 7) is 0.784. The number of carboxylic acids is 1. The number of nitrogens with zero attached hydrogens (tertiary/aromatic N) is 1. The molecule has 2 aliphatic rings. The van der Waals surface area contributed by atoms with Crippen LogP contribution in [0, 0.1) is 5.41 Å². The second kappa shape index (κ2) is 5.77. The van der Waals surface area contributed by atoms with E-state index in [4.69, 9.17) is 10.2 Å². The SMILES string of the molecule is O=C(O)[C@H](CO)NC(=O)N1CCC2(CCCC2)CC1. The molecule has 108 valence electrons. The number of aliphatic hydroxyl groups excluding tert-OH is 1. The Labute approximate surface area is 112 Å². The van der Waals surface area contributed by atoms with E-state index in [1.54, 1.807) is 4.90 Å². The standard InChI is InChI=1S/C13H22N2O4/c16-9-10(11(17)18)14-12(19)15-7-5-13(6-8-15)3-1-2-4-13/h10,16H,1-9H2,(H,14,19)(H,17,18)/t10-/m0/s1. The van der Waals surface area contributed by atoms with E-state index in [1.165, 1.54) is 25.7 Å². The first-order valence-electron chi connectivity index (χ1n) is 6.95. The molecule has 2 rings (SSSR count). The van der Waals surface area contributed by atoms with Crippen LogP contribution in [0.15, 0.2) is 0 Å². The molecular weight excluding hydrogens is 248 g/mol. The minimum atomic E-state index is -1.21. The first-order valence-corrected chi connectivity index (χ1v) is 6.95. The first-order chi connectivity index (χ1) is 9.06. The van der Waals surface area contributed by atoms with Gasteiger partial charge >= 0.3 is 12.0 Å². The summed E-state index contributed by atoms with van der Waals surface area (Å²) in [6, 6.07) is -1.59. The molecule has 1 saturated heterocycles. The molecule has 1 heterocycles. The molecule has 0 unspecified atom stereocenters. The number of hydrogen-bond donors (Lipinski definition) is 3. The van der Waals surface area contributed by atoms with E-state index in [0.717, 1.165) is 12.8 Å². The zero-order chi connectivity index (χ0) is 13.9. The molecule has 1 aliphatic heterocycles. The van der Waals surface area contributed by atoms with Crippen LogP contribution in [-0.4, -0.2) is 52.9 Å². The summed E-state index contributed by atoms with van der Waals surface area (Å²) in [7, 11) is 0. The van der Waals surface area contributed by atoms with Gasteiger partial charge in [-0.3, -0.25) is 0 Å². The number of aliphatic hydroxyl groups is 1.